The molecule has 5 nitrogen and oxygen atoms in total. The highest BCUT2D eigenvalue weighted by atomic mass is 19.3. The van der Waals surface area contributed by atoms with E-state index in [9.17, 15) is 17.6 Å². The predicted octanol–water partition coefficient (Wildman–Crippen LogP) is 5.35. The highest BCUT2D eigenvalue weighted by Gasteiger charge is 2.28. The van der Waals surface area contributed by atoms with Crippen molar-refractivity contribution in [3.05, 3.63) is 41.5 Å². The minimum atomic E-state index is -3.32. The summed E-state index contributed by atoms with van der Waals surface area (Å²) in [4.78, 5) is 0. The van der Waals surface area contributed by atoms with E-state index >= 15 is 0 Å². The largest absolute Gasteiger partial charge is 0.429 e. The molecule has 1 aromatic rings. The SMILES string of the molecule is CCCC=C[C@H]1CO[C@H](CC[C@H]2CO[C@H](c3cc(F)c(OC(F)F)c(F)c3)OC2)OC1. The number of alkyl halides is 2. The van der Waals surface area contributed by atoms with Crippen molar-refractivity contribution in [2.45, 2.75) is 51.8 Å². The summed E-state index contributed by atoms with van der Waals surface area (Å²) in [5.74, 6) is -3.23. The maximum Gasteiger partial charge on any atom is 0.387 e. The third kappa shape index (κ3) is 7.17. The van der Waals surface area contributed by atoms with Gasteiger partial charge in [0.1, 0.15) is 0 Å². The Kier molecular flexibility index (Phi) is 9.13. The van der Waals surface area contributed by atoms with Gasteiger partial charge >= 0.3 is 6.61 Å². The van der Waals surface area contributed by atoms with Crippen molar-refractivity contribution in [2.24, 2.45) is 11.8 Å². The van der Waals surface area contributed by atoms with Crippen LogP contribution in [0.4, 0.5) is 17.6 Å². The molecule has 0 amide bonds. The second-order valence-electron chi connectivity index (χ2n) is 7.71. The van der Waals surface area contributed by atoms with Gasteiger partial charge in [-0.15, -0.1) is 0 Å². The van der Waals surface area contributed by atoms with Gasteiger partial charge in [0.2, 0.25) is 0 Å². The first kappa shape index (κ1) is 24.0. The summed E-state index contributed by atoms with van der Waals surface area (Å²) in [5.41, 5.74) is 0.0659. The lowest BCUT2D eigenvalue weighted by atomic mass is 10.0. The molecule has 2 heterocycles. The third-order valence-electron chi connectivity index (χ3n) is 5.13. The van der Waals surface area contributed by atoms with Gasteiger partial charge in [0.25, 0.3) is 0 Å². The Morgan fingerprint density at radius 2 is 1.65 bits per heavy atom. The molecule has 0 N–H and O–H groups in total. The van der Waals surface area contributed by atoms with Crippen molar-refractivity contribution >= 4 is 0 Å². The van der Waals surface area contributed by atoms with Crippen LogP contribution in [0.25, 0.3) is 0 Å². The fraction of sp³-hybridized carbons (Fsp3) is 0.636. The van der Waals surface area contributed by atoms with Gasteiger partial charge in [-0.3, -0.25) is 0 Å². The van der Waals surface area contributed by atoms with Gasteiger partial charge in [-0.25, -0.2) is 8.78 Å². The standard InChI is InChI=1S/C22H28F4O5/c1-2-3-4-5-14-10-27-19(28-11-14)7-6-15-12-29-21(30-13-15)16-8-17(23)20(18(24)9-16)31-22(25)26/h4-5,8-9,14-15,19,21-22H,2-3,6-7,10-13H2,1H3/t14-,15-,19-,21-. The van der Waals surface area contributed by atoms with Crippen LogP contribution in [0.5, 0.6) is 5.75 Å². The molecule has 31 heavy (non-hydrogen) atoms. The van der Waals surface area contributed by atoms with E-state index in [2.05, 4.69) is 23.8 Å². The Hall–Kier alpha value is -1.68. The second kappa shape index (κ2) is 11.8. The predicted molar refractivity (Wildman–Crippen MR) is 104 cm³/mol. The summed E-state index contributed by atoms with van der Waals surface area (Å²) >= 11 is 0. The molecule has 0 radical (unpaired) electrons. The van der Waals surface area contributed by atoms with Crippen LogP contribution in [0.1, 0.15) is 44.5 Å². The van der Waals surface area contributed by atoms with Gasteiger partial charge in [0.05, 0.1) is 26.4 Å². The molecule has 0 aliphatic carbocycles. The van der Waals surface area contributed by atoms with Gasteiger partial charge in [0.15, 0.2) is 30.0 Å². The summed E-state index contributed by atoms with van der Waals surface area (Å²) in [6.45, 7) is 0.738. The normalized spacial score (nSPS) is 27.2. The van der Waals surface area contributed by atoms with E-state index in [-0.39, 0.29) is 23.7 Å². The lowest BCUT2D eigenvalue weighted by molar-refractivity contribution is -0.217. The fourth-order valence-electron chi connectivity index (χ4n) is 3.48. The zero-order valence-electron chi connectivity index (χ0n) is 17.4. The van der Waals surface area contributed by atoms with Crippen LogP contribution < -0.4 is 4.74 Å². The molecule has 2 saturated heterocycles. The molecule has 3 rings (SSSR count). The van der Waals surface area contributed by atoms with Gasteiger partial charge in [-0.2, -0.15) is 8.78 Å². The highest BCUT2D eigenvalue weighted by Crippen LogP contribution is 2.32. The van der Waals surface area contributed by atoms with E-state index in [1.165, 1.54) is 0 Å². The van der Waals surface area contributed by atoms with Crippen LogP contribution in [0.15, 0.2) is 24.3 Å². The van der Waals surface area contributed by atoms with E-state index in [1.807, 2.05) is 0 Å². The lowest BCUT2D eigenvalue weighted by Crippen LogP contribution is -2.33. The van der Waals surface area contributed by atoms with Crippen LogP contribution in [0.2, 0.25) is 0 Å². The van der Waals surface area contributed by atoms with E-state index in [1.54, 1.807) is 0 Å². The Bertz CT molecular complexity index is 691. The molecular formula is C22H28F4O5. The van der Waals surface area contributed by atoms with Gasteiger partial charge < -0.3 is 23.7 Å². The van der Waals surface area contributed by atoms with Crippen LogP contribution in [0.3, 0.4) is 0 Å². The molecule has 2 aliphatic heterocycles. The topological polar surface area (TPSA) is 46.2 Å². The maximum absolute atomic E-state index is 13.9. The zero-order chi connectivity index (χ0) is 22.2. The molecular weight excluding hydrogens is 420 g/mol. The molecule has 0 spiro atoms. The fourth-order valence-corrected chi connectivity index (χ4v) is 3.48. The highest BCUT2D eigenvalue weighted by molar-refractivity contribution is 5.32. The van der Waals surface area contributed by atoms with Crippen molar-refractivity contribution in [1.29, 1.82) is 0 Å². The quantitative estimate of drug-likeness (QED) is 0.376. The van der Waals surface area contributed by atoms with Gasteiger partial charge in [0, 0.05) is 17.4 Å². The maximum atomic E-state index is 13.9. The van der Waals surface area contributed by atoms with E-state index in [0.717, 1.165) is 31.4 Å². The molecule has 9 heteroatoms. The summed E-state index contributed by atoms with van der Waals surface area (Å²) in [7, 11) is 0. The zero-order valence-corrected chi connectivity index (χ0v) is 17.4. The van der Waals surface area contributed by atoms with Crippen LogP contribution in [0, 0.1) is 23.5 Å². The first-order valence-electron chi connectivity index (χ1n) is 10.5. The summed E-state index contributed by atoms with van der Waals surface area (Å²) in [5, 5.41) is 0. The molecule has 2 aliphatic rings. The van der Waals surface area contributed by atoms with Crippen molar-refractivity contribution in [1.82, 2.24) is 0 Å². The van der Waals surface area contributed by atoms with Crippen molar-refractivity contribution in [3.8, 4) is 5.75 Å². The number of allylic oxidation sites excluding steroid dienone is 1. The second-order valence-corrected chi connectivity index (χ2v) is 7.71. The number of halogens is 4. The molecule has 2 fully saturated rings. The van der Waals surface area contributed by atoms with Gasteiger partial charge in [-0.05, 0) is 31.4 Å². The molecule has 0 unspecified atom stereocenters. The van der Waals surface area contributed by atoms with Crippen LogP contribution in [-0.2, 0) is 18.9 Å². The average Bonchev–Trinajstić information content (AvgIpc) is 2.76. The Balaban J connectivity index is 1.40. The number of benzene rings is 1. The Morgan fingerprint density at radius 3 is 2.23 bits per heavy atom. The lowest BCUT2D eigenvalue weighted by Gasteiger charge is -2.32. The van der Waals surface area contributed by atoms with E-state index in [4.69, 9.17) is 18.9 Å². The average molecular weight is 448 g/mol. The van der Waals surface area contributed by atoms with Crippen molar-refractivity contribution in [3.63, 3.8) is 0 Å². The van der Waals surface area contributed by atoms with Crippen LogP contribution in [-0.4, -0.2) is 39.3 Å². The minimum absolute atomic E-state index is 0.0659. The first-order valence-corrected chi connectivity index (χ1v) is 10.5. The van der Waals surface area contributed by atoms with E-state index in [0.29, 0.717) is 32.8 Å². The Labute approximate surface area is 179 Å². The molecule has 0 bridgehead atoms. The van der Waals surface area contributed by atoms with Crippen molar-refractivity contribution in [2.75, 3.05) is 26.4 Å². The number of ether oxygens (including phenoxy) is 5. The number of hydrogen-bond donors (Lipinski definition) is 0. The molecule has 1 aromatic carbocycles. The third-order valence-corrected chi connectivity index (χ3v) is 5.13. The minimum Gasteiger partial charge on any atom is -0.429 e. The van der Waals surface area contributed by atoms with Gasteiger partial charge in [-0.1, -0.05) is 25.5 Å². The number of unbranched alkanes of at least 4 members (excludes halogenated alkanes) is 1. The molecule has 0 saturated carbocycles. The summed E-state index contributed by atoms with van der Waals surface area (Å²) in [6.07, 6.45) is 6.66. The summed E-state index contributed by atoms with van der Waals surface area (Å²) in [6, 6.07) is 1.75. The molecule has 0 atom stereocenters. The Morgan fingerprint density at radius 1 is 1.00 bits per heavy atom. The monoisotopic (exact) mass is 448 g/mol. The first-order chi connectivity index (χ1) is 15.0. The van der Waals surface area contributed by atoms with Crippen molar-refractivity contribution < 1.29 is 41.2 Å². The van der Waals surface area contributed by atoms with E-state index < -0.39 is 30.3 Å². The summed E-state index contributed by atoms with van der Waals surface area (Å²) < 4.78 is 78.8. The molecule has 0 aromatic heterocycles. The van der Waals surface area contributed by atoms with Crippen LogP contribution >= 0.6 is 0 Å². The smallest absolute Gasteiger partial charge is 0.387 e. The number of rotatable bonds is 9. The number of hydrogen-bond acceptors (Lipinski definition) is 5. The molecule has 174 valence electrons.